The molecule has 0 atom stereocenters. The lowest BCUT2D eigenvalue weighted by atomic mass is 9.96. The highest BCUT2D eigenvalue weighted by Gasteiger charge is 2.16. The SMILES string of the molecule is CCC1CCN(SN)CC1. The summed E-state index contributed by atoms with van der Waals surface area (Å²) in [6.45, 7) is 4.63. The molecule has 1 rings (SSSR count). The molecule has 0 saturated carbocycles. The molecule has 2 nitrogen and oxygen atoms in total. The average molecular weight is 160 g/mol. The number of hydrogen-bond donors (Lipinski definition) is 1. The van der Waals surface area contributed by atoms with Crippen LogP contribution in [-0.4, -0.2) is 17.4 Å². The number of rotatable bonds is 2. The molecular weight excluding hydrogens is 144 g/mol. The molecule has 0 amide bonds. The van der Waals surface area contributed by atoms with Crippen LogP contribution in [-0.2, 0) is 0 Å². The van der Waals surface area contributed by atoms with E-state index in [9.17, 15) is 0 Å². The molecule has 1 aliphatic heterocycles. The van der Waals surface area contributed by atoms with Crippen LogP contribution in [0.5, 0.6) is 0 Å². The van der Waals surface area contributed by atoms with Gasteiger partial charge >= 0.3 is 0 Å². The quantitative estimate of drug-likeness (QED) is 0.623. The van der Waals surface area contributed by atoms with Gasteiger partial charge in [-0.3, -0.25) is 5.14 Å². The molecule has 0 aromatic carbocycles. The minimum Gasteiger partial charge on any atom is -0.264 e. The fourth-order valence-electron chi connectivity index (χ4n) is 1.42. The first-order valence-corrected chi connectivity index (χ1v) is 4.82. The molecule has 3 heteroatoms. The largest absolute Gasteiger partial charge is 0.264 e. The molecule has 1 fully saturated rings. The zero-order valence-corrected chi connectivity index (χ0v) is 7.36. The van der Waals surface area contributed by atoms with Crippen LogP contribution in [0.3, 0.4) is 0 Å². The number of nitrogens with two attached hydrogens (primary N) is 1. The summed E-state index contributed by atoms with van der Waals surface area (Å²) in [5, 5.41) is 5.43. The van der Waals surface area contributed by atoms with E-state index in [1.54, 1.807) is 0 Å². The van der Waals surface area contributed by atoms with E-state index >= 15 is 0 Å². The van der Waals surface area contributed by atoms with Gasteiger partial charge in [-0.25, -0.2) is 4.31 Å². The Labute approximate surface area is 67.4 Å². The Morgan fingerprint density at radius 3 is 2.50 bits per heavy atom. The highest BCUT2D eigenvalue weighted by Crippen LogP contribution is 2.21. The molecule has 0 unspecified atom stereocenters. The Hall–Kier alpha value is 0.270. The number of hydrogen-bond acceptors (Lipinski definition) is 3. The van der Waals surface area contributed by atoms with E-state index in [1.807, 2.05) is 0 Å². The molecule has 2 N–H and O–H groups in total. The highest BCUT2D eigenvalue weighted by atomic mass is 32.2. The smallest absolute Gasteiger partial charge is 0.0104 e. The van der Waals surface area contributed by atoms with Crippen LogP contribution in [0.1, 0.15) is 26.2 Å². The van der Waals surface area contributed by atoms with Crippen molar-refractivity contribution < 1.29 is 0 Å². The minimum absolute atomic E-state index is 0.961. The van der Waals surface area contributed by atoms with Crippen LogP contribution in [0.4, 0.5) is 0 Å². The lowest BCUT2D eigenvalue weighted by Crippen LogP contribution is -2.29. The van der Waals surface area contributed by atoms with Crippen molar-refractivity contribution in [1.82, 2.24) is 4.31 Å². The van der Waals surface area contributed by atoms with Gasteiger partial charge in [0.05, 0.1) is 0 Å². The molecule has 0 aromatic rings. The first kappa shape index (κ1) is 8.37. The fraction of sp³-hybridized carbons (Fsp3) is 1.00. The third-order valence-electron chi connectivity index (χ3n) is 2.30. The number of piperidine rings is 1. The van der Waals surface area contributed by atoms with Gasteiger partial charge in [0.15, 0.2) is 0 Å². The Morgan fingerprint density at radius 2 is 2.10 bits per heavy atom. The zero-order valence-electron chi connectivity index (χ0n) is 6.55. The van der Waals surface area contributed by atoms with Crippen LogP contribution < -0.4 is 5.14 Å². The van der Waals surface area contributed by atoms with E-state index in [-0.39, 0.29) is 0 Å². The minimum atomic E-state index is 0.961. The molecule has 0 bridgehead atoms. The maximum Gasteiger partial charge on any atom is 0.0104 e. The summed E-state index contributed by atoms with van der Waals surface area (Å²) in [6, 6.07) is 0. The van der Waals surface area contributed by atoms with E-state index in [1.165, 1.54) is 44.5 Å². The Morgan fingerprint density at radius 1 is 1.50 bits per heavy atom. The van der Waals surface area contributed by atoms with Gasteiger partial charge in [-0.2, -0.15) is 0 Å². The standard InChI is InChI=1S/C7H16N2S/c1-2-7-3-5-9(10-8)6-4-7/h7H,2-6,8H2,1H3. The summed E-state index contributed by atoms with van der Waals surface area (Å²) in [5.41, 5.74) is 0. The van der Waals surface area contributed by atoms with Gasteiger partial charge in [-0.1, -0.05) is 13.3 Å². The van der Waals surface area contributed by atoms with Crippen LogP contribution in [0.15, 0.2) is 0 Å². The van der Waals surface area contributed by atoms with Gasteiger partial charge in [0.25, 0.3) is 0 Å². The van der Waals surface area contributed by atoms with E-state index in [0.717, 1.165) is 5.92 Å². The lowest BCUT2D eigenvalue weighted by molar-refractivity contribution is 0.286. The second-order valence-corrected chi connectivity index (χ2v) is 3.61. The summed E-state index contributed by atoms with van der Waals surface area (Å²) in [5.74, 6) is 0.961. The maximum absolute atomic E-state index is 5.43. The topological polar surface area (TPSA) is 29.3 Å². The lowest BCUT2D eigenvalue weighted by Gasteiger charge is -2.28. The molecule has 1 heterocycles. The first-order valence-electron chi connectivity index (χ1n) is 3.98. The van der Waals surface area contributed by atoms with Gasteiger partial charge in [0, 0.05) is 25.2 Å². The van der Waals surface area contributed by atoms with Crippen molar-refractivity contribution in [3.63, 3.8) is 0 Å². The van der Waals surface area contributed by atoms with Crippen molar-refractivity contribution in [2.45, 2.75) is 26.2 Å². The Kier molecular flexibility index (Phi) is 3.52. The van der Waals surface area contributed by atoms with Crippen molar-refractivity contribution in [3.05, 3.63) is 0 Å². The van der Waals surface area contributed by atoms with Gasteiger partial charge in [0.2, 0.25) is 0 Å². The normalized spacial score (nSPS) is 23.4. The van der Waals surface area contributed by atoms with E-state index in [0.29, 0.717) is 0 Å². The molecule has 10 heavy (non-hydrogen) atoms. The predicted octanol–water partition coefficient (Wildman–Crippen LogP) is 1.63. The molecule has 0 spiro atoms. The second-order valence-electron chi connectivity index (χ2n) is 2.89. The summed E-state index contributed by atoms with van der Waals surface area (Å²) < 4.78 is 2.24. The molecule has 1 saturated heterocycles. The van der Waals surface area contributed by atoms with Crippen molar-refractivity contribution >= 4 is 12.1 Å². The van der Waals surface area contributed by atoms with Crippen LogP contribution in [0.25, 0.3) is 0 Å². The Balaban J connectivity index is 2.17. The summed E-state index contributed by atoms with van der Waals surface area (Å²) in [6.07, 6.45) is 4.00. The van der Waals surface area contributed by atoms with Crippen molar-refractivity contribution in [2.24, 2.45) is 11.1 Å². The van der Waals surface area contributed by atoms with Crippen LogP contribution in [0, 0.1) is 5.92 Å². The third kappa shape index (κ3) is 2.15. The Bertz CT molecular complexity index is 77.6. The molecule has 0 aliphatic carbocycles. The van der Waals surface area contributed by atoms with Crippen molar-refractivity contribution in [1.29, 1.82) is 0 Å². The zero-order chi connectivity index (χ0) is 7.40. The average Bonchev–Trinajstić information content (AvgIpc) is 2.05. The van der Waals surface area contributed by atoms with Gasteiger partial charge in [-0.05, 0) is 18.8 Å². The third-order valence-corrected chi connectivity index (χ3v) is 2.96. The molecular formula is C7H16N2S. The summed E-state index contributed by atoms with van der Waals surface area (Å²) in [4.78, 5) is 0. The van der Waals surface area contributed by atoms with E-state index in [4.69, 9.17) is 5.14 Å². The van der Waals surface area contributed by atoms with E-state index < -0.39 is 0 Å². The molecule has 0 aromatic heterocycles. The molecule has 60 valence electrons. The van der Waals surface area contributed by atoms with E-state index in [2.05, 4.69) is 11.2 Å². The summed E-state index contributed by atoms with van der Waals surface area (Å²) >= 11 is 1.39. The first-order chi connectivity index (χ1) is 4.86. The fourth-order valence-corrected chi connectivity index (χ4v) is 1.84. The molecule has 0 radical (unpaired) electrons. The maximum atomic E-state index is 5.43. The van der Waals surface area contributed by atoms with Crippen LogP contribution in [0.2, 0.25) is 0 Å². The van der Waals surface area contributed by atoms with Crippen molar-refractivity contribution in [2.75, 3.05) is 13.1 Å². The van der Waals surface area contributed by atoms with Gasteiger partial charge in [-0.15, -0.1) is 0 Å². The predicted molar refractivity (Wildman–Crippen MR) is 46.4 cm³/mol. The number of nitrogens with zero attached hydrogens (tertiary/aromatic N) is 1. The highest BCUT2D eigenvalue weighted by molar-refractivity contribution is 7.94. The van der Waals surface area contributed by atoms with Crippen LogP contribution >= 0.6 is 12.1 Å². The van der Waals surface area contributed by atoms with Gasteiger partial charge in [0.1, 0.15) is 0 Å². The monoisotopic (exact) mass is 160 g/mol. The van der Waals surface area contributed by atoms with Gasteiger partial charge < -0.3 is 0 Å². The molecule has 1 aliphatic rings. The van der Waals surface area contributed by atoms with Crippen molar-refractivity contribution in [3.8, 4) is 0 Å². The second kappa shape index (κ2) is 4.21. The summed E-state index contributed by atoms with van der Waals surface area (Å²) in [7, 11) is 0.